The van der Waals surface area contributed by atoms with E-state index in [0.29, 0.717) is 5.02 Å². The van der Waals surface area contributed by atoms with Gasteiger partial charge in [-0.3, -0.25) is 13.9 Å². The fraction of sp³-hybridized carbons (Fsp3) is 0.310. The van der Waals surface area contributed by atoms with Crippen LogP contribution in [0.4, 0.5) is 5.69 Å². The maximum atomic E-state index is 14.1. The van der Waals surface area contributed by atoms with Crippen molar-refractivity contribution in [2.45, 2.75) is 45.3 Å². The summed E-state index contributed by atoms with van der Waals surface area (Å²) in [7, 11) is -3.94. The van der Waals surface area contributed by atoms with Gasteiger partial charge < -0.3 is 10.2 Å². The topological polar surface area (TPSA) is 86.8 Å². The number of nitrogens with zero attached hydrogens (tertiary/aromatic N) is 2. The fourth-order valence-electron chi connectivity index (χ4n) is 4.12. The summed E-state index contributed by atoms with van der Waals surface area (Å²) in [6, 6.07) is 20.2. The molecule has 2 amide bonds. The highest BCUT2D eigenvalue weighted by Gasteiger charge is 2.34. The first-order valence-corrected chi connectivity index (χ1v) is 15.9. The van der Waals surface area contributed by atoms with Crippen LogP contribution in [-0.2, 0) is 32.6 Å². The van der Waals surface area contributed by atoms with Gasteiger partial charge in [0.2, 0.25) is 21.8 Å². The van der Waals surface area contributed by atoms with Crippen LogP contribution < -0.4 is 9.62 Å². The normalized spacial score (nSPS) is 12.5. The van der Waals surface area contributed by atoms with Crippen LogP contribution in [0.25, 0.3) is 0 Å². The third-order valence-corrected chi connectivity index (χ3v) is 8.03. The third-order valence-electron chi connectivity index (χ3n) is 5.87. The van der Waals surface area contributed by atoms with E-state index in [1.165, 1.54) is 23.1 Å². The van der Waals surface area contributed by atoms with Crippen molar-refractivity contribution in [3.05, 3.63) is 98.4 Å². The molecular weight excluding hydrogens is 637 g/mol. The number of halogens is 3. The van der Waals surface area contributed by atoms with Crippen molar-refractivity contribution in [2.24, 2.45) is 0 Å². The molecule has 0 fully saturated rings. The van der Waals surface area contributed by atoms with Crippen LogP contribution in [0.15, 0.2) is 77.3 Å². The van der Waals surface area contributed by atoms with Gasteiger partial charge in [0.05, 0.1) is 17.0 Å². The number of hydrogen-bond acceptors (Lipinski definition) is 4. The SMILES string of the molecule is CC(C)(C)NC(=O)[C@@H](Cc1ccccc1)N(Cc1cccc(Br)c1)C(=O)CN(c1ccc(Cl)cc1Cl)S(C)(=O)=O. The second kappa shape index (κ2) is 13.4. The lowest BCUT2D eigenvalue weighted by Crippen LogP contribution is -2.56. The summed E-state index contributed by atoms with van der Waals surface area (Å²) in [6.07, 6.45) is 1.22. The first-order valence-electron chi connectivity index (χ1n) is 12.5. The third kappa shape index (κ3) is 9.23. The molecule has 7 nitrogen and oxygen atoms in total. The van der Waals surface area contributed by atoms with E-state index in [2.05, 4.69) is 21.2 Å². The minimum Gasteiger partial charge on any atom is -0.350 e. The van der Waals surface area contributed by atoms with Gasteiger partial charge in [0, 0.05) is 28.0 Å². The zero-order chi connectivity index (χ0) is 29.7. The van der Waals surface area contributed by atoms with Crippen LogP contribution >= 0.6 is 39.1 Å². The Hall–Kier alpha value is -2.59. The van der Waals surface area contributed by atoms with Crippen molar-refractivity contribution >= 4 is 66.7 Å². The predicted octanol–water partition coefficient (Wildman–Crippen LogP) is 6.08. The molecule has 0 spiro atoms. The molecule has 3 aromatic rings. The number of anilines is 1. The highest BCUT2D eigenvalue weighted by molar-refractivity contribution is 9.10. The molecule has 0 heterocycles. The number of rotatable bonds is 10. The van der Waals surface area contributed by atoms with Gasteiger partial charge in [0.15, 0.2) is 0 Å². The molecule has 0 aliphatic heterocycles. The minimum atomic E-state index is -3.94. The second-order valence-corrected chi connectivity index (χ2v) is 14.1. The number of hydrogen-bond donors (Lipinski definition) is 1. The first kappa shape index (κ1) is 31.9. The van der Waals surface area contributed by atoms with Crippen molar-refractivity contribution in [1.82, 2.24) is 10.2 Å². The summed E-state index contributed by atoms with van der Waals surface area (Å²) in [5, 5.41) is 3.40. The van der Waals surface area contributed by atoms with Gasteiger partial charge in [-0.05, 0) is 62.2 Å². The molecule has 0 aliphatic rings. The number of carbonyl (C=O) groups excluding carboxylic acids is 2. The molecule has 0 aliphatic carbocycles. The number of sulfonamides is 1. The smallest absolute Gasteiger partial charge is 0.244 e. The van der Waals surface area contributed by atoms with E-state index in [1.807, 2.05) is 75.4 Å². The average molecular weight is 669 g/mol. The summed E-state index contributed by atoms with van der Waals surface area (Å²) < 4.78 is 27.5. The fourth-order valence-corrected chi connectivity index (χ4v) is 5.99. The van der Waals surface area contributed by atoms with Gasteiger partial charge in [-0.15, -0.1) is 0 Å². The zero-order valence-electron chi connectivity index (χ0n) is 22.7. The molecule has 0 radical (unpaired) electrons. The van der Waals surface area contributed by atoms with Gasteiger partial charge in [0.1, 0.15) is 12.6 Å². The average Bonchev–Trinajstić information content (AvgIpc) is 2.84. The Morgan fingerprint density at radius 3 is 2.17 bits per heavy atom. The van der Waals surface area contributed by atoms with Crippen molar-refractivity contribution in [3.63, 3.8) is 0 Å². The maximum absolute atomic E-state index is 14.1. The Morgan fingerprint density at radius 1 is 0.950 bits per heavy atom. The molecule has 0 unspecified atom stereocenters. The molecule has 3 rings (SSSR count). The van der Waals surface area contributed by atoms with E-state index < -0.39 is 34.1 Å². The summed E-state index contributed by atoms with van der Waals surface area (Å²) in [5.74, 6) is -0.920. The quantitative estimate of drug-likeness (QED) is 0.284. The Labute approximate surface area is 254 Å². The van der Waals surface area contributed by atoms with E-state index >= 15 is 0 Å². The van der Waals surface area contributed by atoms with E-state index in [4.69, 9.17) is 23.2 Å². The van der Waals surface area contributed by atoms with Crippen LogP contribution in [0.5, 0.6) is 0 Å². The zero-order valence-corrected chi connectivity index (χ0v) is 26.6. The lowest BCUT2D eigenvalue weighted by molar-refractivity contribution is -0.140. The molecule has 1 atom stereocenters. The molecule has 1 N–H and O–H groups in total. The van der Waals surface area contributed by atoms with Crippen LogP contribution in [0, 0.1) is 0 Å². The maximum Gasteiger partial charge on any atom is 0.244 e. The predicted molar refractivity (Wildman–Crippen MR) is 165 cm³/mol. The monoisotopic (exact) mass is 667 g/mol. The van der Waals surface area contributed by atoms with Gasteiger partial charge in [-0.1, -0.05) is 81.6 Å². The van der Waals surface area contributed by atoms with E-state index in [9.17, 15) is 18.0 Å². The number of carbonyl (C=O) groups is 2. The van der Waals surface area contributed by atoms with Crippen LogP contribution in [-0.4, -0.2) is 49.5 Å². The summed E-state index contributed by atoms with van der Waals surface area (Å²) in [4.78, 5) is 29.3. The number of nitrogens with one attached hydrogen (secondary N) is 1. The molecule has 0 saturated carbocycles. The minimum absolute atomic E-state index is 0.0687. The van der Waals surface area contributed by atoms with Crippen LogP contribution in [0.1, 0.15) is 31.9 Å². The van der Waals surface area contributed by atoms with Crippen LogP contribution in [0.3, 0.4) is 0 Å². The first-order chi connectivity index (χ1) is 18.6. The van der Waals surface area contributed by atoms with Gasteiger partial charge >= 0.3 is 0 Å². The number of amides is 2. The van der Waals surface area contributed by atoms with Gasteiger partial charge in [-0.25, -0.2) is 8.42 Å². The summed E-state index contributed by atoms with van der Waals surface area (Å²) in [5.41, 5.74) is 1.17. The Morgan fingerprint density at radius 2 is 1.60 bits per heavy atom. The second-order valence-electron chi connectivity index (χ2n) is 10.5. The van der Waals surface area contributed by atoms with Crippen molar-refractivity contribution < 1.29 is 18.0 Å². The molecule has 0 aromatic heterocycles. The summed E-state index contributed by atoms with van der Waals surface area (Å²) >= 11 is 15.8. The van der Waals surface area contributed by atoms with E-state index in [0.717, 1.165) is 26.2 Å². The lowest BCUT2D eigenvalue weighted by Gasteiger charge is -2.35. The Kier molecular flexibility index (Phi) is 10.7. The molecule has 3 aromatic carbocycles. The van der Waals surface area contributed by atoms with Crippen molar-refractivity contribution in [2.75, 3.05) is 17.1 Å². The molecular formula is C29H32BrCl2N3O4S. The largest absolute Gasteiger partial charge is 0.350 e. The number of benzene rings is 3. The van der Waals surface area contributed by atoms with Crippen LogP contribution in [0.2, 0.25) is 10.0 Å². The Balaban J connectivity index is 2.09. The Bertz CT molecular complexity index is 1460. The molecule has 11 heteroatoms. The molecule has 40 heavy (non-hydrogen) atoms. The molecule has 0 bridgehead atoms. The highest BCUT2D eigenvalue weighted by Crippen LogP contribution is 2.31. The van der Waals surface area contributed by atoms with E-state index in [1.54, 1.807) is 0 Å². The highest BCUT2D eigenvalue weighted by atomic mass is 79.9. The van der Waals surface area contributed by atoms with Crippen molar-refractivity contribution in [3.8, 4) is 0 Å². The molecule has 0 saturated heterocycles. The lowest BCUT2D eigenvalue weighted by atomic mass is 10.0. The van der Waals surface area contributed by atoms with Gasteiger partial charge in [-0.2, -0.15) is 0 Å². The summed E-state index contributed by atoms with van der Waals surface area (Å²) in [6.45, 7) is 5.08. The standard InChI is InChI=1S/C29H32BrCl2N3O4S/c1-29(2,3)33-28(37)26(16-20-9-6-5-7-10-20)34(18-21-11-8-12-22(30)15-21)27(36)19-35(40(4,38)39)25-14-13-23(31)17-24(25)32/h5-15,17,26H,16,18-19H2,1-4H3,(H,33,37)/t26-/m1/s1. The van der Waals surface area contributed by atoms with E-state index in [-0.39, 0.29) is 29.6 Å². The van der Waals surface area contributed by atoms with Gasteiger partial charge in [0.25, 0.3) is 0 Å². The van der Waals surface area contributed by atoms with Crippen molar-refractivity contribution in [1.29, 1.82) is 0 Å². The molecule has 214 valence electrons.